The molecular formula is C15H17N3O. The number of furan rings is 1. The molecule has 98 valence electrons. The molecular weight excluding hydrogens is 238 g/mol. The molecule has 1 heterocycles. The first-order valence-corrected chi connectivity index (χ1v) is 6.13. The van der Waals surface area contributed by atoms with Gasteiger partial charge in [-0.25, -0.2) is 0 Å². The minimum absolute atomic E-state index is 0.441. The van der Waals surface area contributed by atoms with E-state index in [0.29, 0.717) is 18.7 Å². The second kappa shape index (κ2) is 5.59. The van der Waals surface area contributed by atoms with Crippen molar-refractivity contribution in [2.24, 2.45) is 5.73 Å². The van der Waals surface area contributed by atoms with Crippen LogP contribution in [-0.2, 0) is 13.1 Å². The van der Waals surface area contributed by atoms with Crippen LogP contribution in [0.15, 0.2) is 34.7 Å². The molecule has 1 aromatic carbocycles. The van der Waals surface area contributed by atoms with Crippen molar-refractivity contribution in [1.29, 1.82) is 5.26 Å². The maximum Gasteiger partial charge on any atom is 0.123 e. The summed E-state index contributed by atoms with van der Waals surface area (Å²) in [7, 11) is 1.94. The average molecular weight is 255 g/mol. The zero-order chi connectivity index (χ0) is 13.8. The highest BCUT2D eigenvalue weighted by Crippen LogP contribution is 2.22. The lowest BCUT2D eigenvalue weighted by Crippen LogP contribution is -2.17. The molecule has 0 unspecified atom stereocenters. The van der Waals surface area contributed by atoms with Gasteiger partial charge in [0.05, 0.1) is 17.8 Å². The molecule has 0 aliphatic carbocycles. The van der Waals surface area contributed by atoms with Crippen LogP contribution in [0, 0.1) is 18.3 Å². The quantitative estimate of drug-likeness (QED) is 0.911. The lowest BCUT2D eigenvalue weighted by molar-refractivity contribution is 0.482. The summed E-state index contributed by atoms with van der Waals surface area (Å²) < 4.78 is 5.55. The number of nitrogens with zero attached hydrogens (tertiary/aromatic N) is 2. The van der Waals surface area contributed by atoms with Gasteiger partial charge in [0.15, 0.2) is 0 Å². The third kappa shape index (κ3) is 2.95. The van der Waals surface area contributed by atoms with E-state index in [1.165, 1.54) is 0 Å². The molecule has 19 heavy (non-hydrogen) atoms. The second-order valence-electron chi connectivity index (χ2n) is 4.54. The zero-order valence-electron chi connectivity index (χ0n) is 11.2. The Kier molecular flexibility index (Phi) is 3.88. The fraction of sp³-hybridized carbons (Fsp3) is 0.267. The number of hydrogen-bond donors (Lipinski definition) is 1. The van der Waals surface area contributed by atoms with Gasteiger partial charge in [-0.1, -0.05) is 6.07 Å². The molecule has 0 saturated carbocycles. The average Bonchev–Trinajstić information content (AvgIpc) is 2.83. The van der Waals surface area contributed by atoms with E-state index in [4.69, 9.17) is 10.2 Å². The first-order chi connectivity index (χ1) is 9.13. The van der Waals surface area contributed by atoms with Crippen molar-refractivity contribution in [3.05, 3.63) is 53.0 Å². The van der Waals surface area contributed by atoms with E-state index in [0.717, 1.165) is 22.8 Å². The Bertz CT molecular complexity index is 610. The van der Waals surface area contributed by atoms with Gasteiger partial charge in [0.2, 0.25) is 0 Å². The first-order valence-electron chi connectivity index (χ1n) is 6.13. The number of anilines is 1. The number of rotatable bonds is 4. The monoisotopic (exact) mass is 255 g/mol. The smallest absolute Gasteiger partial charge is 0.123 e. The third-order valence-electron chi connectivity index (χ3n) is 3.02. The van der Waals surface area contributed by atoms with Crippen molar-refractivity contribution in [3.63, 3.8) is 0 Å². The van der Waals surface area contributed by atoms with Crippen molar-refractivity contribution in [2.45, 2.75) is 20.0 Å². The summed E-state index contributed by atoms with van der Waals surface area (Å²) in [6.07, 6.45) is 0. The molecule has 2 N–H and O–H groups in total. The molecule has 0 radical (unpaired) electrons. The lowest BCUT2D eigenvalue weighted by atomic mass is 10.1. The van der Waals surface area contributed by atoms with Crippen molar-refractivity contribution in [3.8, 4) is 6.07 Å². The van der Waals surface area contributed by atoms with Crippen molar-refractivity contribution >= 4 is 5.69 Å². The SMILES string of the molecule is Cc1ccc(CN(C)c2ccc(CN)cc2C#N)o1. The van der Waals surface area contributed by atoms with Gasteiger partial charge in [-0.3, -0.25) is 0 Å². The standard InChI is InChI=1S/C15H17N3O/c1-11-3-5-14(19-11)10-18(2)15-6-4-12(8-16)7-13(15)9-17/h3-7H,8,10,16H2,1-2H3. The van der Waals surface area contributed by atoms with Gasteiger partial charge < -0.3 is 15.1 Å². The summed E-state index contributed by atoms with van der Waals surface area (Å²) in [5.74, 6) is 1.77. The summed E-state index contributed by atoms with van der Waals surface area (Å²) in [4.78, 5) is 2.00. The summed E-state index contributed by atoms with van der Waals surface area (Å²) in [6, 6.07) is 11.8. The second-order valence-corrected chi connectivity index (χ2v) is 4.54. The maximum atomic E-state index is 9.22. The van der Waals surface area contributed by atoms with Gasteiger partial charge in [0.1, 0.15) is 17.6 Å². The van der Waals surface area contributed by atoms with Gasteiger partial charge in [-0.05, 0) is 36.8 Å². The van der Waals surface area contributed by atoms with Gasteiger partial charge in [-0.2, -0.15) is 5.26 Å². The Labute approximate surface area is 113 Å². The normalized spacial score (nSPS) is 10.2. The van der Waals surface area contributed by atoms with E-state index >= 15 is 0 Å². The molecule has 0 spiro atoms. The summed E-state index contributed by atoms with van der Waals surface area (Å²) in [5, 5.41) is 9.22. The van der Waals surface area contributed by atoms with Crippen molar-refractivity contribution < 1.29 is 4.42 Å². The summed E-state index contributed by atoms with van der Waals surface area (Å²) >= 11 is 0. The van der Waals surface area contributed by atoms with Gasteiger partial charge in [0.25, 0.3) is 0 Å². The summed E-state index contributed by atoms with van der Waals surface area (Å²) in [6.45, 7) is 2.99. The van der Waals surface area contributed by atoms with Crippen LogP contribution < -0.4 is 10.6 Å². The Morgan fingerprint density at radius 3 is 2.68 bits per heavy atom. The van der Waals surface area contributed by atoms with Crippen LogP contribution in [0.25, 0.3) is 0 Å². The molecule has 4 nitrogen and oxygen atoms in total. The Morgan fingerprint density at radius 1 is 1.32 bits per heavy atom. The van der Waals surface area contributed by atoms with Crippen LogP contribution in [0.2, 0.25) is 0 Å². The number of aryl methyl sites for hydroxylation is 1. The first kappa shape index (κ1) is 13.2. The highest BCUT2D eigenvalue weighted by atomic mass is 16.3. The molecule has 0 saturated heterocycles. The van der Waals surface area contributed by atoms with E-state index in [-0.39, 0.29) is 0 Å². The topological polar surface area (TPSA) is 66.2 Å². The predicted octanol–water partition coefficient (Wildman–Crippen LogP) is 2.55. The summed E-state index contributed by atoms with van der Waals surface area (Å²) in [5.41, 5.74) is 8.06. The third-order valence-corrected chi connectivity index (χ3v) is 3.02. The number of nitriles is 1. The van der Waals surface area contributed by atoms with Crippen LogP contribution in [-0.4, -0.2) is 7.05 Å². The molecule has 0 aliphatic heterocycles. The Morgan fingerprint density at radius 2 is 2.11 bits per heavy atom. The molecule has 0 bridgehead atoms. The Hall–Kier alpha value is -2.25. The maximum absolute atomic E-state index is 9.22. The highest BCUT2D eigenvalue weighted by molar-refractivity contribution is 5.60. The molecule has 1 aromatic heterocycles. The molecule has 0 amide bonds. The fourth-order valence-electron chi connectivity index (χ4n) is 2.02. The van der Waals surface area contributed by atoms with Gasteiger partial charge >= 0.3 is 0 Å². The molecule has 0 atom stereocenters. The van der Waals surface area contributed by atoms with E-state index in [2.05, 4.69) is 6.07 Å². The van der Waals surface area contributed by atoms with Crippen LogP contribution in [0.3, 0.4) is 0 Å². The largest absolute Gasteiger partial charge is 0.464 e. The minimum atomic E-state index is 0.441. The van der Waals surface area contributed by atoms with Crippen LogP contribution in [0.4, 0.5) is 5.69 Å². The van der Waals surface area contributed by atoms with Crippen LogP contribution in [0.5, 0.6) is 0 Å². The van der Waals surface area contributed by atoms with E-state index in [1.54, 1.807) is 0 Å². The van der Waals surface area contributed by atoms with E-state index in [1.807, 2.05) is 49.2 Å². The number of hydrogen-bond acceptors (Lipinski definition) is 4. The lowest BCUT2D eigenvalue weighted by Gasteiger charge is -2.19. The number of benzene rings is 1. The van der Waals surface area contributed by atoms with Crippen molar-refractivity contribution in [2.75, 3.05) is 11.9 Å². The Balaban J connectivity index is 2.23. The predicted molar refractivity (Wildman–Crippen MR) is 74.6 cm³/mol. The van der Waals surface area contributed by atoms with E-state index < -0.39 is 0 Å². The van der Waals surface area contributed by atoms with Gasteiger partial charge in [-0.15, -0.1) is 0 Å². The van der Waals surface area contributed by atoms with Crippen molar-refractivity contribution in [1.82, 2.24) is 0 Å². The van der Waals surface area contributed by atoms with Crippen LogP contribution >= 0.6 is 0 Å². The zero-order valence-corrected chi connectivity index (χ0v) is 11.2. The van der Waals surface area contributed by atoms with Crippen LogP contribution in [0.1, 0.15) is 22.6 Å². The fourth-order valence-corrected chi connectivity index (χ4v) is 2.02. The minimum Gasteiger partial charge on any atom is -0.464 e. The van der Waals surface area contributed by atoms with Gasteiger partial charge in [0, 0.05) is 13.6 Å². The molecule has 4 heteroatoms. The highest BCUT2D eigenvalue weighted by Gasteiger charge is 2.10. The molecule has 0 aliphatic rings. The molecule has 0 fully saturated rings. The molecule has 2 aromatic rings. The van der Waals surface area contributed by atoms with E-state index in [9.17, 15) is 5.26 Å². The number of nitrogens with two attached hydrogens (primary N) is 1. The molecule has 2 rings (SSSR count).